The number of benzene rings is 2. The Morgan fingerprint density at radius 3 is 2.34 bits per heavy atom. The third kappa shape index (κ3) is 4.16. The van der Waals surface area contributed by atoms with E-state index < -0.39 is 11.6 Å². The zero-order valence-corrected chi connectivity index (χ0v) is 21.8. The minimum Gasteiger partial charge on any atom is -0.416 e. The highest BCUT2D eigenvalue weighted by Gasteiger charge is 2.40. The Hall–Kier alpha value is -3.38. The first-order valence-electron chi connectivity index (χ1n) is 11.8. The Labute approximate surface area is 214 Å². The summed E-state index contributed by atoms with van der Waals surface area (Å²) in [5, 5.41) is 3.07. The van der Waals surface area contributed by atoms with Crippen LogP contribution in [0.25, 0.3) is 28.2 Å². The third-order valence-corrected chi connectivity index (χ3v) is 7.78. The van der Waals surface area contributed by atoms with E-state index in [2.05, 4.69) is 88.7 Å². The second-order valence-electron chi connectivity index (χ2n) is 9.33. The predicted octanol–water partition coefficient (Wildman–Crippen LogP) is 7.69. The van der Waals surface area contributed by atoms with Crippen molar-refractivity contribution < 1.29 is 9.53 Å². The zero-order chi connectivity index (χ0) is 24.7. The van der Waals surface area contributed by atoms with E-state index >= 15 is 0 Å². The molecule has 4 aromatic rings. The van der Waals surface area contributed by atoms with Crippen molar-refractivity contribution in [1.82, 2.24) is 14.7 Å². The fourth-order valence-electron chi connectivity index (χ4n) is 4.80. The van der Waals surface area contributed by atoms with E-state index in [0.717, 1.165) is 63.0 Å². The highest BCUT2D eigenvalue weighted by Crippen LogP contribution is 2.43. The van der Waals surface area contributed by atoms with Crippen molar-refractivity contribution in [3.63, 3.8) is 0 Å². The standard InChI is InChI=1S/C29H28BrN3O2/c1-18(2)35-28(34)32-29(15-8-16-29)23-13-11-21(12-14-23)25-26(22-9-6-5-7-10-22)33-17-24(30)19(3)20(4)27(33)31-25/h5-7,9-14,17H,1,8,15-16H2,2-4H3,(H,32,34). The van der Waals surface area contributed by atoms with Gasteiger partial charge in [-0.05, 0) is 72.7 Å². The molecule has 2 aromatic heterocycles. The maximum Gasteiger partial charge on any atom is 0.412 e. The molecule has 1 fully saturated rings. The van der Waals surface area contributed by atoms with Crippen LogP contribution in [0.2, 0.25) is 0 Å². The van der Waals surface area contributed by atoms with Crippen LogP contribution in [0.4, 0.5) is 4.79 Å². The van der Waals surface area contributed by atoms with Crippen molar-refractivity contribution in [3.05, 3.63) is 94.3 Å². The largest absolute Gasteiger partial charge is 0.416 e. The molecule has 1 saturated carbocycles. The number of nitrogens with one attached hydrogen (secondary N) is 1. The minimum absolute atomic E-state index is 0.379. The average Bonchev–Trinajstić information content (AvgIpc) is 3.19. The van der Waals surface area contributed by atoms with Crippen LogP contribution in [-0.2, 0) is 10.3 Å². The molecule has 2 aromatic carbocycles. The second kappa shape index (κ2) is 9.00. The fraction of sp³-hybridized carbons (Fsp3) is 0.241. The number of aromatic nitrogens is 2. The number of hydrogen-bond acceptors (Lipinski definition) is 3. The maximum atomic E-state index is 12.3. The van der Waals surface area contributed by atoms with Gasteiger partial charge < -0.3 is 10.1 Å². The molecule has 178 valence electrons. The normalized spacial score (nSPS) is 14.4. The molecule has 6 heteroatoms. The number of aryl methyl sites for hydroxylation is 1. The van der Waals surface area contributed by atoms with Crippen molar-refractivity contribution >= 4 is 27.7 Å². The molecule has 0 aliphatic heterocycles. The van der Waals surface area contributed by atoms with Gasteiger partial charge in [0.15, 0.2) is 0 Å². The van der Waals surface area contributed by atoms with Crippen LogP contribution in [0.3, 0.4) is 0 Å². The minimum atomic E-state index is -0.454. The maximum absolute atomic E-state index is 12.3. The molecule has 0 unspecified atom stereocenters. The quantitative estimate of drug-likeness (QED) is 0.269. The van der Waals surface area contributed by atoms with Gasteiger partial charge in [0.2, 0.25) is 0 Å². The first-order valence-corrected chi connectivity index (χ1v) is 12.6. The van der Waals surface area contributed by atoms with E-state index in [1.54, 1.807) is 6.92 Å². The van der Waals surface area contributed by atoms with E-state index in [-0.39, 0.29) is 0 Å². The lowest BCUT2D eigenvalue weighted by Gasteiger charge is -2.42. The SMILES string of the molecule is C=C(C)OC(=O)NC1(c2ccc(-c3nc4c(C)c(C)c(Br)cn4c3-c3ccccc3)cc2)CCC1. The van der Waals surface area contributed by atoms with Crippen molar-refractivity contribution in [2.24, 2.45) is 0 Å². The smallest absolute Gasteiger partial charge is 0.412 e. The molecule has 0 saturated heterocycles. The molecule has 0 atom stereocenters. The van der Waals surface area contributed by atoms with Gasteiger partial charge in [-0.15, -0.1) is 0 Å². The summed E-state index contributed by atoms with van der Waals surface area (Å²) in [7, 11) is 0. The van der Waals surface area contributed by atoms with Crippen molar-refractivity contribution in [2.75, 3.05) is 0 Å². The van der Waals surface area contributed by atoms with Gasteiger partial charge in [0, 0.05) is 21.8 Å². The number of imidazole rings is 1. The summed E-state index contributed by atoms with van der Waals surface area (Å²) in [6.07, 6.45) is 4.48. The number of ether oxygens (including phenoxy) is 1. The number of carbonyl (C=O) groups is 1. The zero-order valence-electron chi connectivity index (χ0n) is 20.2. The summed E-state index contributed by atoms with van der Waals surface area (Å²) < 4.78 is 8.39. The number of carbonyl (C=O) groups excluding carboxylic acids is 1. The van der Waals surface area contributed by atoms with Gasteiger partial charge in [-0.1, -0.05) is 61.2 Å². The van der Waals surface area contributed by atoms with E-state index in [0.29, 0.717) is 5.76 Å². The van der Waals surface area contributed by atoms with E-state index in [1.807, 2.05) is 18.2 Å². The van der Waals surface area contributed by atoms with E-state index in [9.17, 15) is 4.79 Å². The Morgan fingerprint density at radius 2 is 1.74 bits per heavy atom. The Morgan fingerprint density at radius 1 is 1.06 bits per heavy atom. The van der Waals surface area contributed by atoms with Crippen LogP contribution >= 0.6 is 15.9 Å². The van der Waals surface area contributed by atoms with Crippen LogP contribution < -0.4 is 5.32 Å². The van der Waals surface area contributed by atoms with E-state index in [4.69, 9.17) is 9.72 Å². The Bertz CT molecular complexity index is 1430. The Kier molecular flexibility index (Phi) is 6.01. The lowest BCUT2D eigenvalue weighted by molar-refractivity contribution is 0.132. The highest BCUT2D eigenvalue weighted by molar-refractivity contribution is 9.10. The number of pyridine rings is 1. The molecule has 5 nitrogen and oxygen atoms in total. The molecule has 1 amide bonds. The average molecular weight is 530 g/mol. The number of halogens is 1. The summed E-state index contributed by atoms with van der Waals surface area (Å²) in [4.78, 5) is 17.4. The van der Waals surface area contributed by atoms with Gasteiger partial charge in [0.1, 0.15) is 5.65 Å². The molecule has 5 rings (SSSR count). The fourth-order valence-corrected chi connectivity index (χ4v) is 5.30. The van der Waals surface area contributed by atoms with Gasteiger partial charge in [-0.3, -0.25) is 4.40 Å². The Balaban J connectivity index is 1.59. The van der Waals surface area contributed by atoms with Gasteiger partial charge >= 0.3 is 6.09 Å². The summed E-state index contributed by atoms with van der Waals surface area (Å²) in [6, 6.07) is 18.8. The summed E-state index contributed by atoms with van der Waals surface area (Å²) in [5.74, 6) is 0.379. The predicted molar refractivity (Wildman–Crippen MR) is 143 cm³/mol. The molecule has 35 heavy (non-hydrogen) atoms. The molecule has 0 radical (unpaired) electrons. The van der Waals surface area contributed by atoms with Crippen molar-refractivity contribution in [3.8, 4) is 22.5 Å². The molecule has 2 heterocycles. The highest BCUT2D eigenvalue weighted by atomic mass is 79.9. The molecule has 1 aliphatic carbocycles. The number of rotatable bonds is 5. The first kappa shape index (κ1) is 23.4. The van der Waals surface area contributed by atoms with Crippen LogP contribution in [-0.4, -0.2) is 15.5 Å². The van der Waals surface area contributed by atoms with Gasteiger partial charge in [0.05, 0.1) is 22.7 Å². The molecule has 1 N–H and O–H groups in total. The van der Waals surface area contributed by atoms with Gasteiger partial charge in [-0.25, -0.2) is 9.78 Å². The number of fused-ring (bicyclic) bond motifs is 1. The van der Waals surface area contributed by atoms with Crippen LogP contribution in [0.5, 0.6) is 0 Å². The summed E-state index contributed by atoms with van der Waals surface area (Å²) in [6.45, 7) is 9.55. The topological polar surface area (TPSA) is 55.6 Å². The number of alkyl carbamates (subject to hydrolysis) is 1. The number of allylic oxidation sites excluding steroid dienone is 1. The second-order valence-corrected chi connectivity index (χ2v) is 10.2. The monoisotopic (exact) mass is 529 g/mol. The lowest BCUT2D eigenvalue weighted by Crippen LogP contribution is -2.50. The summed E-state index contributed by atoms with van der Waals surface area (Å²) >= 11 is 3.72. The van der Waals surface area contributed by atoms with E-state index in [1.165, 1.54) is 5.56 Å². The number of nitrogens with zero attached hydrogens (tertiary/aromatic N) is 2. The molecular formula is C29H28BrN3O2. The number of amides is 1. The van der Waals surface area contributed by atoms with Crippen LogP contribution in [0, 0.1) is 13.8 Å². The van der Waals surface area contributed by atoms with Crippen molar-refractivity contribution in [2.45, 2.75) is 45.6 Å². The molecule has 0 bridgehead atoms. The molecule has 1 aliphatic rings. The van der Waals surface area contributed by atoms with Gasteiger partial charge in [0.25, 0.3) is 0 Å². The molecular weight excluding hydrogens is 502 g/mol. The van der Waals surface area contributed by atoms with Crippen LogP contribution in [0.15, 0.2) is 77.6 Å². The first-order chi connectivity index (χ1) is 16.8. The van der Waals surface area contributed by atoms with Crippen molar-refractivity contribution in [1.29, 1.82) is 0 Å². The van der Waals surface area contributed by atoms with Crippen LogP contribution in [0.1, 0.15) is 42.9 Å². The lowest BCUT2D eigenvalue weighted by atomic mass is 9.71. The molecule has 0 spiro atoms. The number of hydrogen-bond donors (Lipinski definition) is 1. The third-order valence-electron chi connectivity index (χ3n) is 6.98. The van der Waals surface area contributed by atoms with Gasteiger partial charge in [-0.2, -0.15) is 0 Å². The summed E-state index contributed by atoms with van der Waals surface area (Å²) in [5.41, 5.74) is 8.08.